The largest absolute Gasteiger partial charge is 0.383 e. The number of rotatable bonds is 7. The molecule has 1 unspecified atom stereocenters. The van der Waals surface area contributed by atoms with Crippen molar-refractivity contribution in [3.05, 3.63) is 24.3 Å². The van der Waals surface area contributed by atoms with Crippen LogP contribution >= 0.6 is 11.8 Å². The molecule has 0 heterocycles. The maximum Gasteiger partial charge on any atom is 0.288 e. The van der Waals surface area contributed by atoms with Crippen LogP contribution in [0.25, 0.3) is 0 Å². The average molecular weight is 273 g/mol. The van der Waals surface area contributed by atoms with Gasteiger partial charge in [0.05, 0.1) is 0 Å². The van der Waals surface area contributed by atoms with Gasteiger partial charge in [0.2, 0.25) is 0 Å². The third-order valence-electron chi connectivity index (χ3n) is 2.67. The number of nitrogens with one attached hydrogen (secondary N) is 1. The summed E-state index contributed by atoms with van der Waals surface area (Å²) >= 11 is 0.579. The number of hydrogen-bond donors (Lipinski definition) is 1. The van der Waals surface area contributed by atoms with Gasteiger partial charge in [0.1, 0.15) is 0 Å². The highest BCUT2D eigenvalue weighted by Crippen LogP contribution is 2.26. The Kier molecular flexibility index (Phi) is 6.47. The van der Waals surface area contributed by atoms with Gasteiger partial charge in [-0.25, -0.2) is 0 Å². The van der Waals surface area contributed by atoms with Crippen LogP contribution in [0.2, 0.25) is 0 Å². The van der Waals surface area contributed by atoms with Crippen molar-refractivity contribution in [2.45, 2.75) is 50.3 Å². The van der Waals surface area contributed by atoms with Crippen molar-refractivity contribution in [3.8, 4) is 0 Å². The molecular formula is C14H21F2NS. The summed E-state index contributed by atoms with van der Waals surface area (Å²) in [5.41, 5.74) is 0.991. The SMILES string of the molecule is CC(C)CCC(C)Nc1ccc(SC(F)F)cc1. The number of halogens is 2. The van der Waals surface area contributed by atoms with Gasteiger partial charge in [-0.3, -0.25) is 0 Å². The zero-order valence-electron chi connectivity index (χ0n) is 11.1. The van der Waals surface area contributed by atoms with E-state index in [-0.39, 0.29) is 0 Å². The third-order valence-corrected chi connectivity index (χ3v) is 3.39. The topological polar surface area (TPSA) is 12.0 Å². The molecule has 0 spiro atoms. The van der Waals surface area contributed by atoms with E-state index in [0.29, 0.717) is 28.6 Å². The molecule has 0 fully saturated rings. The van der Waals surface area contributed by atoms with E-state index in [1.165, 1.54) is 6.42 Å². The molecule has 0 saturated heterocycles. The minimum atomic E-state index is -2.35. The molecule has 0 aromatic heterocycles. The van der Waals surface area contributed by atoms with Gasteiger partial charge in [-0.05, 0) is 49.9 Å². The van der Waals surface area contributed by atoms with E-state index in [9.17, 15) is 8.78 Å². The molecule has 0 aliphatic carbocycles. The highest BCUT2D eigenvalue weighted by atomic mass is 32.2. The molecular weight excluding hydrogens is 252 g/mol. The second kappa shape index (κ2) is 7.62. The molecule has 1 rings (SSSR count). The summed E-state index contributed by atoms with van der Waals surface area (Å²) in [6.07, 6.45) is 2.30. The van der Waals surface area contributed by atoms with Gasteiger partial charge >= 0.3 is 0 Å². The first kappa shape index (κ1) is 15.3. The molecule has 1 aromatic rings. The summed E-state index contributed by atoms with van der Waals surface area (Å²) in [5.74, 6) is -1.65. The van der Waals surface area contributed by atoms with Crippen LogP contribution in [-0.2, 0) is 0 Å². The molecule has 102 valence electrons. The summed E-state index contributed by atoms with van der Waals surface area (Å²) in [7, 11) is 0. The monoisotopic (exact) mass is 273 g/mol. The normalized spacial score (nSPS) is 13.1. The lowest BCUT2D eigenvalue weighted by Gasteiger charge is -2.16. The molecule has 1 nitrogen and oxygen atoms in total. The molecule has 18 heavy (non-hydrogen) atoms. The van der Waals surface area contributed by atoms with Crippen LogP contribution in [0.5, 0.6) is 0 Å². The standard InChI is InChI=1S/C14H21F2NS/c1-10(2)4-5-11(3)17-12-6-8-13(9-7-12)18-14(15)16/h6-11,14,17H,4-5H2,1-3H3. The first-order valence-electron chi connectivity index (χ1n) is 6.28. The van der Waals surface area contributed by atoms with Gasteiger partial charge in [-0.15, -0.1) is 0 Å². The summed E-state index contributed by atoms with van der Waals surface area (Å²) in [5, 5.41) is 3.38. The summed E-state index contributed by atoms with van der Waals surface area (Å²) in [4.78, 5) is 0.602. The van der Waals surface area contributed by atoms with E-state index >= 15 is 0 Å². The van der Waals surface area contributed by atoms with E-state index in [1.807, 2.05) is 12.1 Å². The zero-order valence-corrected chi connectivity index (χ0v) is 11.9. The highest BCUT2D eigenvalue weighted by molar-refractivity contribution is 7.99. The number of alkyl halides is 2. The number of hydrogen-bond acceptors (Lipinski definition) is 2. The quantitative estimate of drug-likeness (QED) is 0.682. The highest BCUT2D eigenvalue weighted by Gasteiger charge is 2.06. The molecule has 0 bridgehead atoms. The predicted molar refractivity (Wildman–Crippen MR) is 75.5 cm³/mol. The first-order chi connectivity index (χ1) is 8.47. The van der Waals surface area contributed by atoms with Crippen LogP contribution < -0.4 is 5.32 Å². The van der Waals surface area contributed by atoms with Crippen LogP contribution in [0.15, 0.2) is 29.2 Å². The maximum atomic E-state index is 12.2. The van der Waals surface area contributed by atoms with Crippen molar-refractivity contribution in [3.63, 3.8) is 0 Å². The lowest BCUT2D eigenvalue weighted by Crippen LogP contribution is -2.15. The Morgan fingerprint density at radius 3 is 2.17 bits per heavy atom. The lowest BCUT2D eigenvalue weighted by molar-refractivity contribution is 0.252. The van der Waals surface area contributed by atoms with Crippen LogP contribution in [0.1, 0.15) is 33.6 Å². The van der Waals surface area contributed by atoms with Gasteiger partial charge in [-0.1, -0.05) is 25.6 Å². The molecule has 0 aliphatic rings. The smallest absolute Gasteiger partial charge is 0.288 e. The van der Waals surface area contributed by atoms with E-state index < -0.39 is 5.76 Å². The molecule has 1 atom stereocenters. The van der Waals surface area contributed by atoms with Crippen molar-refractivity contribution in [2.75, 3.05) is 5.32 Å². The van der Waals surface area contributed by atoms with E-state index in [0.717, 1.165) is 12.1 Å². The van der Waals surface area contributed by atoms with E-state index in [2.05, 4.69) is 26.1 Å². The van der Waals surface area contributed by atoms with Crippen LogP contribution in [0, 0.1) is 5.92 Å². The van der Waals surface area contributed by atoms with Crippen LogP contribution in [0.3, 0.4) is 0 Å². The van der Waals surface area contributed by atoms with Crippen LogP contribution in [0.4, 0.5) is 14.5 Å². The minimum Gasteiger partial charge on any atom is -0.383 e. The summed E-state index contributed by atoms with van der Waals surface area (Å²) in [6, 6.07) is 7.58. The number of benzene rings is 1. The Labute approximate surface area is 112 Å². The van der Waals surface area contributed by atoms with E-state index in [4.69, 9.17) is 0 Å². The minimum absolute atomic E-state index is 0.404. The third kappa shape index (κ3) is 6.24. The Morgan fingerprint density at radius 2 is 1.67 bits per heavy atom. The Balaban J connectivity index is 2.42. The van der Waals surface area contributed by atoms with Gasteiger partial charge < -0.3 is 5.32 Å². The van der Waals surface area contributed by atoms with Gasteiger partial charge in [-0.2, -0.15) is 8.78 Å². The maximum absolute atomic E-state index is 12.2. The van der Waals surface area contributed by atoms with Gasteiger partial charge in [0.15, 0.2) is 0 Å². The molecule has 0 radical (unpaired) electrons. The number of anilines is 1. The second-order valence-electron chi connectivity index (χ2n) is 4.92. The van der Waals surface area contributed by atoms with Gasteiger partial charge in [0, 0.05) is 16.6 Å². The Hall–Kier alpha value is -0.770. The van der Waals surface area contributed by atoms with Crippen molar-refractivity contribution in [2.24, 2.45) is 5.92 Å². The first-order valence-corrected chi connectivity index (χ1v) is 7.16. The van der Waals surface area contributed by atoms with Crippen molar-refractivity contribution >= 4 is 17.4 Å². The molecule has 0 aliphatic heterocycles. The molecule has 1 aromatic carbocycles. The second-order valence-corrected chi connectivity index (χ2v) is 5.98. The Morgan fingerprint density at radius 1 is 1.06 bits per heavy atom. The summed E-state index contributed by atoms with van der Waals surface area (Å²) < 4.78 is 24.3. The predicted octanol–water partition coefficient (Wildman–Crippen LogP) is 5.24. The lowest BCUT2D eigenvalue weighted by atomic mass is 10.0. The molecule has 0 saturated carbocycles. The summed E-state index contributed by atoms with van der Waals surface area (Å²) in [6.45, 7) is 6.57. The molecule has 4 heteroatoms. The fraction of sp³-hybridized carbons (Fsp3) is 0.571. The van der Waals surface area contributed by atoms with Crippen molar-refractivity contribution in [1.29, 1.82) is 0 Å². The zero-order chi connectivity index (χ0) is 13.5. The molecule has 1 N–H and O–H groups in total. The molecule has 0 amide bonds. The fourth-order valence-corrected chi connectivity index (χ4v) is 2.17. The van der Waals surface area contributed by atoms with Crippen LogP contribution in [-0.4, -0.2) is 11.8 Å². The van der Waals surface area contributed by atoms with Gasteiger partial charge in [0.25, 0.3) is 5.76 Å². The Bertz CT molecular complexity index is 338. The average Bonchev–Trinajstić information content (AvgIpc) is 2.28. The number of thioether (sulfide) groups is 1. The fourth-order valence-electron chi connectivity index (χ4n) is 1.67. The van der Waals surface area contributed by atoms with E-state index in [1.54, 1.807) is 12.1 Å². The van der Waals surface area contributed by atoms with Crippen molar-refractivity contribution in [1.82, 2.24) is 0 Å². The van der Waals surface area contributed by atoms with Crippen molar-refractivity contribution < 1.29 is 8.78 Å².